The predicted octanol–water partition coefficient (Wildman–Crippen LogP) is -0.0569. The van der Waals surface area contributed by atoms with Crippen molar-refractivity contribution in [3.05, 3.63) is 0 Å². The number of hydrogen-bond donors (Lipinski definition) is 2. The van der Waals surface area contributed by atoms with Crippen molar-refractivity contribution in [2.24, 2.45) is 11.7 Å². The summed E-state index contributed by atoms with van der Waals surface area (Å²) < 4.78 is 0. The Morgan fingerprint density at radius 2 is 2.38 bits per heavy atom. The molecule has 1 heterocycles. The molecule has 1 saturated heterocycles. The van der Waals surface area contributed by atoms with Gasteiger partial charge in [0.1, 0.15) is 0 Å². The van der Waals surface area contributed by atoms with Crippen molar-refractivity contribution < 1.29 is 0 Å². The summed E-state index contributed by atoms with van der Waals surface area (Å²) in [5.41, 5.74) is 5.74. The summed E-state index contributed by atoms with van der Waals surface area (Å²) >= 11 is 0. The minimum Gasteiger partial charge on any atom is -0.327 e. The van der Waals surface area contributed by atoms with E-state index in [1.807, 2.05) is 0 Å². The average molecular weight is 114 g/mol. The Balaban J connectivity index is 2.28. The molecule has 1 unspecified atom stereocenters. The third-order valence-electron chi connectivity index (χ3n) is 1.85. The number of nitrogens with one attached hydrogen (secondary N) is 1. The number of piperidine rings is 1. The minimum atomic E-state index is 0.441. The molecular formula is C6H14N2. The molecule has 0 aromatic rings. The van der Waals surface area contributed by atoms with Gasteiger partial charge in [0.25, 0.3) is 0 Å². The number of hydrogen-bond acceptors (Lipinski definition) is 2. The van der Waals surface area contributed by atoms with Crippen molar-refractivity contribution in [3.63, 3.8) is 0 Å². The molecular weight excluding hydrogens is 100 g/mol. The van der Waals surface area contributed by atoms with Gasteiger partial charge in [-0.25, -0.2) is 0 Å². The Bertz CT molecular complexity index is 62.9. The van der Waals surface area contributed by atoms with Gasteiger partial charge < -0.3 is 11.1 Å². The van der Waals surface area contributed by atoms with Crippen LogP contribution in [0.5, 0.6) is 0 Å². The molecule has 48 valence electrons. The van der Waals surface area contributed by atoms with Crippen LogP contribution in [0.25, 0.3) is 0 Å². The Labute approximate surface area is 50.4 Å². The van der Waals surface area contributed by atoms with Crippen LogP contribution in [-0.4, -0.2) is 19.1 Å². The first kappa shape index (κ1) is 6.05. The molecule has 8 heavy (non-hydrogen) atoms. The molecule has 0 spiro atoms. The average Bonchev–Trinajstić information content (AvgIpc) is 1.77. The fourth-order valence-corrected chi connectivity index (χ4v) is 1.03. The van der Waals surface area contributed by atoms with E-state index in [2.05, 4.69) is 12.2 Å². The van der Waals surface area contributed by atoms with Crippen LogP contribution in [0.1, 0.15) is 13.3 Å². The van der Waals surface area contributed by atoms with E-state index in [9.17, 15) is 0 Å². The van der Waals surface area contributed by atoms with Gasteiger partial charge in [-0.1, -0.05) is 6.92 Å². The minimum absolute atomic E-state index is 0.441. The topological polar surface area (TPSA) is 38.0 Å². The fraction of sp³-hybridized carbons (Fsp3) is 1.00. The van der Waals surface area contributed by atoms with Crippen molar-refractivity contribution in [2.45, 2.75) is 19.4 Å². The van der Waals surface area contributed by atoms with E-state index >= 15 is 0 Å². The van der Waals surface area contributed by atoms with E-state index in [4.69, 9.17) is 5.73 Å². The molecule has 3 N–H and O–H groups in total. The maximum atomic E-state index is 5.74. The van der Waals surface area contributed by atoms with E-state index in [1.54, 1.807) is 0 Å². The van der Waals surface area contributed by atoms with E-state index in [0.717, 1.165) is 19.5 Å². The largest absolute Gasteiger partial charge is 0.327 e. The maximum Gasteiger partial charge on any atom is 0.00887 e. The van der Waals surface area contributed by atoms with Crippen LogP contribution in [0.15, 0.2) is 0 Å². The van der Waals surface area contributed by atoms with Crippen LogP contribution in [-0.2, 0) is 0 Å². The molecule has 0 radical (unpaired) electrons. The molecule has 1 aliphatic rings. The summed E-state index contributed by atoms with van der Waals surface area (Å²) in [7, 11) is 0. The van der Waals surface area contributed by atoms with Crippen LogP contribution >= 0.6 is 0 Å². The number of rotatable bonds is 0. The third-order valence-corrected chi connectivity index (χ3v) is 1.85. The first-order chi connectivity index (χ1) is 3.80. The van der Waals surface area contributed by atoms with Crippen molar-refractivity contribution >= 4 is 0 Å². The van der Waals surface area contributed by atoms with Gasteiger partial charge in [-0.15, -0.1) is 0 Å². The molecule has 1 aliphatic heterocycles. The van der Waals surface area contributed by atoms with Crippen molar-refractivity contribution in [3.8, 4) is 0 Å². The summed E-state index contributed by atoms with van der Waals surface area (Å²) in [5.74, 6) is 0.670. The predicted molar refractivity (Wildman–Crippen MR) is 34.6 cm³/mol. The Morgan fingerprint density at radius 3 is 2.75 bits per heavy atom. The zero-order chi connectivity index (χ0) is 5.98. The lowest BCUT2D eigenvalue weighted by molar-refractivity contribution is 0.349. The lowest BCUT2D eigenvalue weighted by atomic mass is 9.97. The summed E-state index contributed by atoms with van der Waals surface area (Å²) in [6.45, 7) is 4.39. The highest BCUT2D eigenvalue weighted by atomic mass is 14.9. The molecule has 0 saturated carbocycles. The SMILES string of the molecule is C[C@@H]1CNCCC1N. The van der Waals surface area contributed by atoms with E-state index in [-0.39, 0.29) is 0 Å². The molecule has 0 amide bonds. The summed E-state index contributed by atoms with van der Waals surface area (Å²) in [4.78, 5) is 0. The monoisotopic (exact) mass is 114 g/mol. The van der Waals surface area contributed by atoms with Gasteiger partial charge >= 0.3 is 0 Å². The molecule has 0 aromatic carbocycles. The van der Waals surface area contributed by atoms with E-state index in [0.29, 0.717) is 12.0 Å². The Hall–Kier alpha value is -0.0800. The first-order valence-electron chi connectivity index (χ1n) is 3.27. The molecule has 2 heteroatoms. The summed E-state index contributed by atoms with van der Waals surface area (Å²) in [5, 5.41) is 3.28. The second-order valence-electron chi connectivity index (χ2n) is 2.63. The second-order valence-corrected chi connectivity index (χ2v) is 2.63. The highest BCUT2D eigenvalue weighted by Crippen LogP contribution is 2.06. The van der Waals surface area contributed by atoms with Crippen LogP contribution < -0.4 is 11.1 Å². The standard InChI is InChI=1S/C6H14N2/c1-5-4-8-3-2-6(5)7/h5-6,8H,2-4,7H2,1H3/t5-,6?/m1/s1. The Morgan fingerprint density at radius 1 is 1.62 bits per heavy atom. The van der Waals surface area contributed by atoms with Gasteiger partial charge in [0.05, 0.1) is 0 Å². The number of nitrogens with two attached hydrogens (primary N) is 1. The van der Waals surface area contributed by atoms with Crippen LogP contribution in [0.4, 0.5) is 0 Å². The van der Waals surface area contributed by atoms with Gasteiger partial charge in [-0.2, -0.15) is 0 Å². The lowest BCUT2D eigenvalue weighted by Crippen LogP contribution is -2.43. The van der Waals surface area contributed by atoms with Crippen molar-refractivity contribution in [2.75, 3.05) is 13.1 Å². The van der Waals surface area contributed by atoms with Gasteiger partial charge in [0.2, 0.25) is 0 Å². The maximum absolute atomic E-state index is 5.74. The quantitative estimate of drug-likeness (QED) is 0.463. The van der Waals surface area contributed by atoms with Gasteiger partial charge in [0.15, 0.2) is 0 Å². The normalized spacial score (nSPS) is 39.8. The fourth-order valence-electron chi connectivity index (χ4n) is 1.03. The molecule has 2 nitrogen and oxygen atoms in total. The third kappa shape index (κ3) is 1.20. The van der Waals surface area contributed by atoms with Crippen LogP contribution in [0.3, 0.4) is 0 Å². The van der Waals surface area contributed by atoms with Crippen molar-refractivity contribution in [1.29, 1.82) is 0 Å². The van der Waals surface area contributed by atoms with Crippen LogP contribution in [0.2, 0.25) is 0 Å². The van der Waals surface area contributed by atoms with Crippen molar-refractivity contribution in [1.82, 2.24) is 5.32 Å². The molecule has 1 rings (SSSR count). The van der Waals surface area contributed by atoms with E-state index < -0.39 is 0 Å². The van der Waals surface area contributed by atoms with Gasteiger partial charge in [-0.05, 0) is 25.4 Å². The zero-order valence-electron chi connectivity index (χ0n) is 5.35. The molecule has 0 aliphatic carbocycles. The molecule has 0 bridgehead atoms. The molecule has 2 atom stereocenters. The van der Waals surface area contributed by atoms with Gasteiger partial charge in [0, 0.05) is 6.04 Å². The molecule has 0 aromatic heterocycles. The summed E-state index contributed by atoms with van der Waals surface area (Å²) in [6.07, 6.45) is 1.14. The zero-order valence-corrected chi connectivity index (χ0v) is 5.35. The highest BCUT2D eigenvalue weighted by molar-refractivity contribution is 4.76. The molecule has 1 fully saturated rings. The smallest absolute Gasteiger partial charge is 0.00887 e. The van der Waals surface area contributed by atoms with E-state index in [1.165, 1.54) is 0 Å². The summed E-state index contributed by atoms with van der Waals surface area (Å²) in [6, 6.07) is 0.441. The highest BCUT2D eigenvalue weighted by Gasteiger charge is 2.15. The lowest BCUT2D eigenvalue weighted by Gasteiger charge is -2.25. The second kappa shape index (κ2) is 2.46. The Kier molecular flexibility index (Phi) is 1.86. The first-order valence-corrected chi connectivity index (χ1v) is 3.27. The van der Waals surface area contributed by atoms with Gasteiger partial charge in [-0.3, -0.25) is 0 Å². The van der Waals surface area contributed by atoms with Crippen LogP contribution in [0, 0.1) is 5.92 Å².